The standard InChI is InChI=1S/C28H36BrN5O/c1-5-21-22(6-2)33-26-20(11-9-12-23(26)32-21)27(35)34-16-10-15-28(7-3,8-4)24(34)18-31-25-14-13-19(29)17-30-25/h9,11-14,17,24H,5-8,10,15-16,18H2,1-4H3,(H,30,31). The van der Waals surface area contributed by atoms with Gasteiger partial charge in [0.2, 0.25) is 0 Å². The molecular weight excluding hydrogens is 502 g/mol. The number of hydrogen-bond acceptors (Lipinski definition) is 5. The SMILES string of the molecule is CCc1nc2cccc(C(=O)N3CCCC(CC)(CC)C3CNc3ccc(Br)cn3)c2nc1CC. The van der Waals surface area contributed by atoms with Crippen LogP contribution in [0.15, 0.2) is 41.0 Å². The second-order valence-corrected chi connectivity index (χ2v) is 10.3. The van der Waals surface area contributed by atoms with E-state index in [0.29, 0.717) is 12.1 Å². The van der Waals surface area contributed by atoms with Gasteiger partial charge in [-0.2, -0.15) is 0 Å². The molecule has 1 saturated heterocycles. The van der Waals surface area contributed by atoms with Gasteiger partial charge in [-0.15, -0.1) is 0 Å². The lowest BCUT2D eigenvalue weighted by Crippen LogP contribution is -2.57. The van der Waals surface area contributed by atoms with Gasteiger partial charge in [0.05, 0.1) is 28.5 Å². The molecular formula is C28H36BrN5O. The number of rotatable bonds is 8. The predicted molar refractivity (Wildman–Crippen MR) is 146 cm³/mol. The first kappa shape index (κ1) is 25.5. The van der Waals surface area contributed by atoms with Crippen LogP contribution in [0, 0.1) is 5.41 Å². The van der Waals surface area contributed by atoms with Crippen LogP contribution in [0.4, 0.5) is 5.82 Å². The number of carbonyl (C=O) groups excluding carboxylic acids is 1. The lowest BCUT2D eigenvalue weighted by molar-refractivity contribution is 0.0138. The molecule has 1 unspecified atom stereocenters. The highest BCUT2D eigenvalue weighted by atomic mass is 79.9. The van der Waals surface area contributed by atoms with Crippen molar-refractivity contribution < 1.29 is 4.79 Å². The van der Waals surface area contributed by atoms with E-state index in [9.17, 15) is 4.79 Å². The quantitative estimate of drug-likeness (QED) is 0.358. The molecule has 3 aromatic rings. The van der Waals surface area contributed by atoms with Crippen LogP contribution in [0.5, 0.6) is 0 Å². The van der Waals surface area contributed by atoms with Gasteiger partial charge in [-0.25, -0.2) is 15.0 Å². The molecule has 2 aromatic heterocycles. The van der Waals surface area contributed by atoms with Gasteiger partial charge < -0.3 is 10.2 Å². The minimum Gasteiger partial charge on any atom is -0.368 e. The van der Waals surface area contributed by atoms with E-state index >= 15 is 0 Å². The number of pyridine rings is 1. The van der Waals surface area contributed by atoms with Crippen molar-refractivity contribution in [3.05, 3.63) is 58.0 Å². The number of aryl methyl sites for hydroxylation is 2. The van der Waals surface area contributed by atoms with E-state index in [2.05, 4.69) is 58.8 Å². The first-order valence-electron chi connectivity index (χ1n) is 12.9. The second-order valence-electron chi connectivity index (χ2n) is 9.43. The van der Waals surface area contributed by atoms with Gasteiger partial charge in [-0.3, -0.25) is 4.79 Å². The number of amides is 1. The van der Waals surface area contributed by atoms with Crippen LogP contribution in [0.1, 0.15) is 75.1 Å². The summed E-state index contributed by atoms with van der Waals surface area (Å²) in [5, 5.41) is 3.52. The Kier molecular flexibility index (Phi) is 8.05. The predicted octanol–water partition coefficient (Wildman–Crippen LogP) is 6.44. The number of likely N-dealkylation sites (tertiary alicyclic amines) is 1. The summed E-state index contributed by atoms with van der Waals surface area (Å²) in [7, 11) is 0. The number of benzene rings is 1. The first-order chi connectivity index (χ1) is 17.0. The Morgan fingerprint density at radius 1 is 1.09 bits per heavy atom. The molecule has 3 heterocycles. The molecule has 4 rings (SSSR count). The van der Waals surface area contributed by atoms with Crippen LogP contribution in [0.3, 0.4) is 0 Å². The maximum Gasteiger partial charge on any atom is 0.256 e. The molecule has 1 N–H and O–H groups in total. The van der Waals surface area contributed by atoms with Crippen LogP contribution in [-0.4, -0.2) is 44.9 Å². The van der Waals surface area contributed by atoms with Crippen molar-refractivity contribution in [3.63, 3.8) is 0 Å². The van der Waals surface area contributed by atoms with Crippen molar-refractivity contribution >= 4 is 38.7 Å². The molecule has 1 atom stereocenters. The van der Waals surface area contributed by atoms with Gasteiger partial charge in [0, 0.05) is 23.8 Å². The molecule has 1 amide bonds. The Morgan fingerprint density at radius 3 is 2.49 bits per heavy atom. The zero-order valence-corrected chi connectivity index (χ0v) is 22.9. The van der Waals surface area contributed by atoms with Crippen molar-refractivity contribution in [2.24, 2.45) is 5.41 Å². The van der Waals surface area contributed by atoms with Gasteiger partial charge in [-0.1, -0.05) is 33.8 Å². The molecule has 35 heavy (non-hydrogen) atoms. The minimum atomic E-state index is 0.0535. The summed E-state index contributed by atoms with van der Waals surface area (Å²) in [6, 6.07) is 9.83. The Hall–Kier alpha value is -2.54. The van der Waals surface area contributed by atoms with Crippen LogP contribution < -0.4 is 5.32 Å². The van der Waals surface area contributed by atoms with Crippen LogP contribution in [0.2, 0.25) is 0 Å². The Labute approximate surface area is 217 Å². The highest BCUT2D eigenvalue weighted by molar-refractivity contribution is 9.10. The monoisotopic (exact) mass is 537 g/mol. The number of aromatic nitrogens is 3. The summed E-state index contributed by atoms with van der Waals surface area (Å²) < 4.78 is 0.948. The first-order valence-corrected chi connectivity index (χ1v) is 13.7. The molecule has 1 fully saturated rings. The van der Waals surface area contributed by atoms with Crippen molar-refractivity contribution in [2.75, 3.05) is 18.4 Å². The lowest BCUT2D eigenvalue weighted by atomic mass is 9.69. The lowest BCUT2D eigenvalue weighted by Gasteiger charge is -2.50. The van der Waals surface area contributed by atoms with Gasteiger partial charge >= 0.3 is 0 Å². The number of piperidine rings is 1. The Morgan fingerprint density at radius 2 is 1.83 bits per heavy atom. The fourth-order valence-corrected chi connectivity index (χ4v) is 5.86. The molecule has 0 bridgehead atoms. The topological polar surface area (TPSA) is 71.0 Å². The fourth-order valence-electron chi connectivity index (χ4n) is 5.62. The van der Waals surface area contributed by atoms with E-state index in [1.807, 2.05) is 30.3 Å². The van der Waals surface area contributed by atoms with Gasteiger partial charge in [0.15, 0.2) is 0 Å². The van der Waals surface area contributed by atoms with Crippen LogP contribution in [-0.2, 0) is 12.8 Å². The maximum atomic E-state index is 14.2. The number of para-hydroxylation sites is 1. The zero-order chi connectivity index (χ0) is 25.0. The summed E-state index contributed by atoms with van der Waals surface area (Å²) in [5.74, 6) is 0.876. The van der Waals surface area contributed by atoms with Crippen LogP contribution in [0.25, 0.3) is 11.0 Å². The molecule has 1 aromatic carbocycles. The van der Waals surface area contributed by atoms with E-state index in [-0.39, 0.29) is 17.4 Å². The molecule has 7 heteroatoms. The molecule has 1 aliphatic heterocycles. The molecule has 186 valence electrons. The van der Waals surface area contributed by atoms with Crippen LogP contribution >= 0.6 is 15.9 Å². The average molecular weight is 539 g/mol. The van der Waals surface area contributed by atoms with Gasteiger partial charge in [0.1, 0.15) is 11.3 Å². The largest absolute Gasteiger partial charge is 0.368 e. The van der Waals surface area contributed by atoms with E-state index in [1.54, 1.807) is 6.20 Å². The summed E-state index contributed by atoms with van der Waals surface area (Å²) in [6.45, 7) is 10.1. The molecule has 6 nitrogen and oxygen atoms in total. The van der Waals surface area contributed by atoms with Gasteiger partial charge in [0.25, 0.3) is 5.91 Å². The molecule has 0 spiro atoms. The van der Waals surface area contributed by atoms with E-state index < -0.39 is 0 Å². The molecule has 0 saturated carbocycles. The third kappa shape index (κ3) is 5.06. The van der Waals surface area contributed by atoms with Crippen molar-refractivity contribution in [3.8, 4) is 0 Å². The minimum absolute atomic E-state index is 0.0535. The van der Waals surface area contributed by atoms with Gasteiger partial charge in [-0.05, 0) is 84.1 Å². The molecule has 0 aliphatic carbocycles. The highest BCUT2D eigenvalue weighted by Gasteiger charge is 2.44. The summed E-state index contributed by atoms with van der Waals surface area (Å²) >= 11 is 3.45. The van der Waals surface area contributed by atoms with E-state index in [4.69, 9.17) is 9.97 Å². The summed E-state index contributed by atoms with van der Waals surface area (Å²) in [4.78, 5) is 30.5. The second kappa shape index (κ2) is 11.0. The van der Waals surface area contributed by atoms with E-state index in [1.165, 1.54) is 0 Å². The number of carbonyl (C=O) groups is 1. The third-order valence-corrected chi connectivity index (χ3v) is 8.25. The number of anilines is 1. The Bertz CT molecular complexity index is 1180. The number of hydrogen-bond donors (Lipinski definition) is 1. The summed E-state index contributed by atoms with van der Waals surface area (Å²) in [5.41, 5.74) is 4.24. The van der Waals surface area contributed by atoms with E-state index in [0.717, 1.165) is 77.8 Å². The normalized spacial score (nSPS) is 17.5. The molecule has 0 radical (unpaired) electrons. The maximum absolute atomic E-state index is 14.2. The number of halogens is 1. The number of nitrogens with zero attached hydrogens (tertiary/aromatic N) is 4. The smallest absolute Gasteiger partial charge is 0.256 e. The van der Waals surface area contributed by atoms with Crippen molar-refractivity contribution in [1.82, 2.24) is 19.9 Å². The highest BCUT2D eigenvalue weighted by Crippen LogP contribution is 2.42. The third-order valence-electron chi connectivity index (χ3n) is 7.78. The Balaban J connectivity index is 1.72. The van der Waals surface area contributed by atoms with Crippen molar-refractivity contribution in [1.29, 1.82) is 0 Å². The number of nitrogens with one attached hydrogen (secondary N) is 1. The molecule has 1 aliphatic rings. The average Bonchev–Trinajstić information content (AvgIpc) is 2.90. The summed E-state index contributed by atoms with van der Waals surface area (Å²) in [6.07, 6.45) is 7.63. The van der Waals surface area contributed by atoms with Crippen molar-refractivity contribution in [2.45, 2.75) is 72.3 Å². The fraction of sp³-hybridized carbons (Fsp3) is 0.500. The zero-order valence-electron chi connectivity index (χ0n) is 21.3. The number of fused-ring (bicyclic) bond motifs is 1.